The maximum Gasteiger partial charge on any atom is 0.341 e. The molecular weight excluding hydrogens is 256 g/mol. The summed E-state index contributed by atoms with van der Waals surface area (Å²) in [6.45, 7) is 1.28. The van der Waals surface area contributed by atoms with Gasteiger partial charge in [-0.1, -0.05) is 36.4 Å². The molecule has 0 aliphatic heterocycles. The zero-order chi connectivity index (χ0) is 14.5. The predicted molar refractivity (Wildman–Crippen MR) is 74.5 cm³/mol. The molecule has 0 N–H and O–H groups in total. The monoisotopic (exact) mass is 270 g/mol. The number of benzene rings is 2. The lowest BCUT2D eigenvalue weighted by molar-refractivity contribution is -0.131. The second-order valence-electron chi connectivity index (χ2n) is 4.16. The van der Waals surface area contributed by atoms with Gasteiger partial charge in [-0.05, 0) is 23.3 Å². The summed E-state index contributed by atoms with van der Waals surface area (Å²) in [6, 6.07) is 14.6. The minimum Gasteiger partial charge on any atom is -0.465 e. The van der Waals surface area contributed by atoms with Crippen molar-refractivity contribution >= 4 is 11.9 Å². The lowest BCUT2D eigenvalue weighted by Gasteiger charge is -2.10. The standard InChI is InChI=1S/C16H14O4/c1-11(17)20-15-9-8-13(10-14(15)16(18)19-2)12-6-4-3-5-7-12/h3-10H,1-2H3. The molecule has 0 saturated carbocycles. The number of rotatable bonds is 3. The first-order valence-corrected chi connectivity index (χ1v) is 6.08. The van der Waals surface area contributed by atoms with Gasteiger partial charge in [0.25, 0.3) is 0 Å². The highest BCUT2D eigenvalue weighted by Gasteiger charge is 2.16. The molecule has 0 aliphatic carbocycles. The summed E-state index contributed by atoms with van der Waals surface area (Å²) in [5.74, 6) is -0.828. The lowest BCUT2D eigenvalue weighted by atomic mass is 10.0. The summed E-state index contributed by atoms with van der Waals surface area (Å²) in [6.07, 6.45) is 0. The normalized spacial score (nSPS) is 9.90. The fourth-order valence-corrected chi connectivity index (χ4v) is 1.85. The molecule has 0 atom stereocenters. The fraction of sp³-hybridized carbons (Fsp3) is 0.125. The average Bonchev–Trinajstić information content (AvgIpc) is 2.47. The summed E-state index contributed by atoms with van der Waals surface area (Å²) >= 11 is 0. The van der Waals surface area contributed by atoms with E-state index in [-0.39, 0.29) is 11.3 Å². The van der Waals surface area contributed by atoms with Gasteiger partial charge in [0.1, 0.15) is 11.3 Å². The number of hydrogen-bond acceptors (Lipinski definition) is 4. The number of hydrogen-bond donors (Lipinski definition) is 0. The first-order valence-electron chi connectivity index (χ1n) is 6.08. The molecule has 2 rings (SSSR count). The van der Waals surface area contributed by atoms with Gasteiger partial charge in [-0.15, -0.1) is 0 Å². The summed E-state index contributed by atoms with van der Waals surface area (Å²) < 4.78 is 9.74. The van der Waals surface area contributed by atoms with Gasteiger partial charge in [-0.25, -0.2) is 4.79 Å². The first-order chi connectivity index (χ1) is 9.61. The van der Waals surface area contributed by atoms with E-state index in [1.54, 1.807) is 18.2 Å². The van der Waals surface area contributed by atoms with Crippen LogP contribution in [-0.2, 0) is 9.53 Å². The Morgan fingerprint density at radius 1 is 0.950 bits per heavy atom. The molecule has 102 valence electrons. The Bertz CT molecular complexity index is 632. The molecule has 0 fully saturated rings. The maximum atomic E-state index is 11.8. The molecule has 4 heteroatoms. The third-order valence-electron chi connectivity index (χ3n) is 2.75. The van der Waals surface area contributed by atoms with E-state index in [2.05, 4.69) is 0 Å². The Labute approximate surface area is 116 Å². The van der Waals surface area contributed by atoms with Crippen molar-refractivity contribution in [2.24, 2.45) is 0 Å². The Morgan fingerprint density at radius 2 is 1.65 bits per heavy atom. The van der Waals surface area contributed by atoms with Gasteiger partial charge < -0.3 is 9.47 Å². The van der Waals surface area contributed by atoms with Crippen LogP contribution in [0.25, 0.3) is 11.1 Å². The molecule has 0 radical (unpaired) electrons. The van der Waals surface area contributed by atoms with Crippen LogP contribution in [0.15, 0.2) is 48.5 Å². The molecular formula is C16H14O4. The smallest absolute Gasteiger partial charge is 0.341 e. The van der Waals surface area contributed by atoms with E-state index in [4.69, 9.17) is 9.47 Å². The Morgan fingerprint density at radius 3 is 2.25 bits per heavy atom. The van der Waals surface area contributed by atoms with E-state index in [0.29, 0.717) is 0 Å². The number of esters is 2. The van der Waals surface area contributed by atoms with E-state index < -0.39 is 11.9 Å². The van der Waals surface area contributed by atoms with Gasteiger partial charge in [-0.3, -0.25) is 4.79 Å². The SMILES string of the molecule is COC(=O)c1cc(-c2ccccc2)ccc1OC(C)=O. The van der Waals surface area contributed by atoms with Crippen molar-refractivity contribution in [2.45, 2.75) is 6.92 Å². The van der Waals surface area contributed by atoms with Gasteiger partial charge in [0.15, 0.2) is 0 Å². The van der Waals surface area contributed by atoms with Gasteiger partial charge in [-0.2, -0.15) is 0 Å². The Balaban J connectivity index is 2.48. The fourth-order valence-electron chi connectivity index (χ4n) is 1.85. The highest BCUT2D eigenvalue weighted by molar-refractivity contribution is 5.95. The van der Waals surface area contributed by atoms with E-state index in [1.807, 2.05) is 30.3 Å². The maximum absolute atomic E-state index is 11.8. The zero-order valence-corrected chi connectivity index (χ0v) is 11.3. The average molecular weight is 270 g/mol. The number of carbonyl (C=O) groups excluding carboxylic acids is 2. The largest absolute Gasteiger partial charge is 0.465 e. The third-order valence-corrected chi connectivity index (χ3v) is 2.75. The Hall–Kier alpha value is -2.62. The van der Waals surface area contributed by atoms with Crippen molar-refractivity contribution in [3.63, 3.8) is 0 Å². The van der Waals surface area contributed by atoms with E-state index in [0.717, 1.165) is 11.1 Å². The van der Waals surface area contributed by atoms with Crippen LogP contribution in [0.4, 0.5) is 0 Å². The van der Waals surface area contributed by atoms with Crippen LogP contribution in [0, 0.1) is 0 Å². The highest BCUT2D eigenvalue weighted by Crippen LogP contribution is 2.27. The Kier molecular flexibility index (Phi) is 4.15. The summed E-state index contributed by atoms with van der Waals surface area (Å²) in [7, 11) is 1.29. The number of carbonyl (C=O) groups is 2. The van der Waals surface area contributed by atoms with Crippen LogP contribution in [0.1, 0.15) is 17.3 Å². The zero-order valence-electron chi connectivity index (χ0n) is 11.3. The number of methoxy groups -OCH3 is 1. The van der Waals surface area contributed by atoms with Crippen molar-refractivity contribution in [1.82, 2.24) is 0 Å². The first kappa shape index (κ1) is 13.8. The quantitative estimate of drug-likeness (QED) is 0.635. The van der Waals surface area contributed by atoms with Crippen molar-refractivity contribution in [2.75, 3.05) is 7.11 Å². The third kappa shape index (κ3) is 3.03. The molecule has 0 unspecified atom stereocenters. The van der Waals surface area contributed by atoms with Crippen molar-refractivity contribution in [3.05, 3.63) is 54.1 Å². The van der Waals surface area contributed by atoms with Crippen LogP contribution >= 0.6 is 0 Å². The van der Waals surface area contributed by atoms with Crippen molar-refractivity contribution in [1.29, 1.82) is 0 Å². The molecule has 0 aliphatic rings. The van der Waals surface area contributed by atoms with Crippen LogP contribution in [0.3, 0.4) is 0 Å². The molecule has 0 amide bonds. The van der Waals surface area contributed by atoms with E-state index >= 15 is 0 Å². The van der Waals surface area contributed by atoms with Gasteiger partial charge in [0.2, 0.25) is 0 Å². The second kappa shape index (κ2) is 6.02. The highest BCUT2D eigenvalue weighted by atomic mass is 16.5. The molecule has 20 heavy (non-hydrogen) atoms. The topological polar surface area (TPSA) is 52.6 Å². The molecule has 4 nitrogen and oxygen atoms in total. The minimum atomic E-state index is -0.543. The van der Waals surface area contributed by atoms with Crippen LogP contribution in [0.2, 0.25) is 0 Å². The minimum absolute atomic E-state index is 0.198. The van der Waals surface area contributed by atoms with Crippen LogP contribution in [-0.4, -0.2) is 19.0 Å². The van der Waals surface area contributed by atoms with E-state index in [9.17, 15) is 9.59 Å². The molecule has 0 spiro atoms. The molecule has 2 aromatic rings. The molecule has 0 bridgehead atoms. The van der Waals surface area contributed by atoms with Crippen LogP contribution in [0.5, 0.6) is 5.75 Å². The summed E-state index contributed by atoms with van der Waals surface area (Å²) in [5.41, 5.74) is 2.04. The summed E-state index contributed by atoms with van der Waals surface area (Å²) in [4.78, 5) is 22.8. The molecule has 2 aromatic carbocycles. The second-order valence-corrected chi connectivity index (χ2v) is 4.16. The van der Waals surface area contributed by atoms with E-state index in [1.165, 1.54) is 14.0 Å². The number of ether oxygens (including phenoxy) is 2. The summed E-state index contributed by atoms with van der Waals surface area (Å²) in [5, 5.41) is 0. The molecule has 0 heterocycles. The molecule has 0 aromatic heterocycles. The molecule has 0 saturated heterocycles. The van der Waals surface area contributed by atoms with Gasteiger partial charge >= 0.3 is 11.9 Å². The predicted octanol–water partition coefficient (Wildman–Crippen LogP) is 3.07. The van der Waals surface area contributed by atoms with Gasteiger partial charge in [0.05, 0.1) is 7.11 Å². The van der Waals surface area contributed by atoms with Crippen LogP contribution < -0.4 is 4.74 Å². The van der Waals surface area contributed by atoms with Gasteiger partial charge in [0, 0.05) is 6.92 Å². The van der Waals surface area contributed by atoms with Crippen molar-refractivity contribution in [3.8, 4) is 16.9 Å². The lowest BCUT2D eigenvalue weighted by Crippen LogP contribution is -2.09. The van der Waals surface area contributed by atoms with Crippen molar-refractivity contribution < 1.29 is 19.1 Å².